The van der Waals surface area contributed by atoms with Gasteiger partial charge in [0.2, 0.25) is 0 Å². The maximum atomic E-state index is 13.3. The number of nitrogens with one attached hydrogen (secondary N) is 1. The number of methoxy groups -OCH3 is 3. The second kappa shape index (κ2) is 18.7. The fourth-order valence-electron chi connectivity index (χ4n) is 7.64. The van der Waals surface area contributed by atoms with Gasteiger partial charge >= 0.3 is 13.6 Å². The fraction of sp³-hybridized carbons (Fsp3) is 0.452. The second-order valence-corrected chi connectivity index (χ2v) is 16.8. The van der Waals surface area contributed by atoms with Gasteiger partial charge in [-0.2, -0.15) is 9.79 Å². The molecule has 1 unspecified atom stereocenters. The molecule has 5 atom stereocenters. The van der Waals surface area contributed by atoms with Crippen molar-refractivity contribution in [3.05, 3.63) is 128 Å². The molecule has 56 heavy (non-hydrogen) atoms. The summed E-state index contributed by atoms with van der Waals surface area (Å²) in [6.45, 7) is 9.53. The van der Waals surface area contributed by atoms with Crippen molar-refractivity contribution >= 4 is 7.87 Å². The van der Waals surface area contributed by atoms with E-state index >= 15 is 0 Å². The van der Waals surface area contributed by atoms with Crippen LogP contribution in [0.2, 0.25) is 0 Å². The zero-order valence-corrected chi connectivity index (χ0v) is 34.3. The van der Waals surface area contributed by atoms with E-state index in [-0.39, 0.29) is 37.7 Å². The van der Waals surface area contributed by atoms with Gasteiger partial charge in [-0.05, 0) is 75.6 Å². The van der Waals surface area contributed by atoms with Gasteiger partial charge in [-0.3, -0.25) is 14.3 Å². The molecular weight excluding hydrogens is 735 g/mol. The number of hydrogen-bond acceptors (Lipinski definition) is 11. The predicted octanol–water partition coefficient (Wildman–Crippen LogP) is 6.35. The Labute approximate surface area is 329 Å². The number of aromatic nitrogens is 2. The molecule has 14 heteroatoms. The first-order valence-corrected chi connectivity index (χ1v) is 20.5. The lowest BCUT2D eigenvalue weighted by molar-refractivity contribution is -0.159. The van der Waals surface area contributed by atoms with Gasteiger partial charge in [0.25, 0.3) is 5.56 Å². The molecule has 0 amide bonds. The van der Waals surface area contributed by atoms with Crippen LogP contribution in [0.1, 0.15) is 69.0 Å². The predicted molar refractivity (Wildman–Crippen MR) is 215 cm³/mol. The highest BCUT2D eigenvalue weighted by Crippen LogP contribution is 2.64. The number of aryl methyl sites for hydroxylation is 1. The van der Waals surface area contributed by atoms with E-state index in [1.165, 1.54) is 10.8 Å². The van der Waals surface area contributed by atoms with Crippen LogP contribution in [0.25, 0.3) is 0 Å². The van der Waals surface area contributed by atoms with Crippen molar-refractivity contribution < 1.29 is 33.1 Å². The standard InChI is InChI=1S/C42H53N4O9P/c1-28(2)46(29(3)4)56(49,24-12-23-43)55-36-25-38(45-26-30(5)40(47)44-41(45)48)53-39(36)37(27-50-6)54-42(31-13-10-9-11-14-31,32-15-19-34(51-7)20-16-32)33-17-21-35(52-8)22-18-33/h9-11,13-22,26,28-29,36-39,49H,12,24-25,27H2,1-8H3/p+1/t36-,37-,38+,39-,56?/m0/s1. The number of nitrogens with zero attached hydrogens (tertiary/aromatic N) is 3. The van der Waals surface area contributed by atoms with Gasteiger partial charge in [-0.25, -0.2) is 9.69 Å². The molecule has 1 saturated heterocycles. The third-order valence-corrected chi connectivity index (χ3v) is 13.1. The van der Waals surface area contributed by atoms with Crippen LogP contribution in [0.15, 0.2) is 94.6 Å². The van der Waals surface area contributed by atoms with Gasteiger partial charge in [0.05, 0.1) is 33.3 Å². The summed E-state index contributed by atoms with van der Waals surface area (Å²) in [4.78, 5) is 40.7. The van der Waals surface area contributed by atoms with Crippen LogP contribution in [0.5, 0.6) is 11.5 Å². The molecule has 2 heterocycles. The molecule has 2 N–H and O–H groups in total. The molecule has 0 radical (unpaired) electrons. The largest absolute Gasteiger partial charge is 0.497 e. The van der Waals surface area contributed by atoms with E-state index in [0.717, 1.165) is 16.7 Å². The van der Waals surface area contributed by atoms with E-state index in [1.54, 1.807) is 28.3 Å². The van der Waals surface area contributed by atoms with E-state index in [2.05, 4.69) is 11.1 Å². The third kappa shape index (κ3) is 9.09. The molecule has 0 saturated carbocycles. The molecule has 13 nitrogen and oxygen atoms in total. The lowest BCUT2D eigenvalue weighted by atomic mass is 9.79. The lowest BCUT2D eigenvalue weighted by Crippen LogP contribution is -2.48. The minimum atomic E-state index is -3.48. The average Bonchev–Trinajstić information content (AvgIpc) is 3.60. The van der Waals surface area contributed by atoms with E-state index in [1.807, 2.05) is 111 Å². The molecule has 3 aromatic carbocycles. The van der Waals surface area contributed by atoms with Crippen LogP contribution < -0.4 is 20.7 Å². The molecular formula is C42H54N4O9P+. The Balaban J connectivity index is 1.73. The van der Waals surface area contributed by atoms with Crippen molar-refractivity contribution in [2.75, 3.05) is 34.1 Å². The number of hydrogen-bond donors (Lipinski definition) is 2. The monoisotopic (exact) mass is 789 g/mol. The van der Waals surface area contributed by atoms with Crippen LogP contribution in [0.4, 0.5) is 0 Å². The summed E-state index contributed by atoms with van der Waals surface area (Å²) < 4.78 is 41.5. The Bertz CT molecular complexity index is 1980. The van der Waals surface area contributed by atoms with Gasteiger partial charge in [-0.15, -0.1) is 4.67 Å². The second-order valence-electron chi connectivity index (χ2n) is 14.4. The number of aromatic amines is 1. The molecule has 0 bridgehead atoms. The maximum absolute atomic E-state index is 13.3. The molecule has 5 rings (SSSR count). The summed E-state index contributed by atoms with van der Waals surface area (Å²) in [6, 6.07) is 27.0. The van der Waals surface area contributed by atoms with Gasteiger partial charge in [-0.1, -0.05) is 54.6 Å². The van der Waals surface area contributed by atoms with Crippen LogP contribution >= 0.6 is 7.87 Å². The van der Waals surface area contributed by atoms with Crippen LogP contribution in [0, 0.1) is 18.3 Å². The number of benzene rings is 3. The average molecular weight is 790 g/mol. The fourth-order valence-corrected chi connectivity index (χ4v) is 10.6. The Morgan fingerprint density at radius 2 is 1.48 bits per heavy atom. The number of rotatable bonds is 18. The van der Waals surface area contributed by atoms with Gasteiger partial charge < -0.3 is 23.7 Å². The highest BCUT2D eigenvalue weighted by Gasteiger charge is 2.56. The quantitative estimate of drug-likeness (QED) is 0.0856. The van der Waals surface area contributed by atoms with Gasteiger partial charge in [0.15, 0.2) is 0 Å². The Morgan fingerprint density at radius 1 is 0.929 bits per heavy atom. The van der Waals surface area contributed by atoms with Crippen molar-refractivity contribution in [3.63, 3.8) is 0 Å². The summed E-state index contributed by atoms with van der Waals surface area (Å²) in [5.41, 5.74) is 0.253. The van der Waals surface area contributed by atoms with Gasteiger partial charge in [0.1, 0.15) is 47.8 Å². The first-order chi connectivity index (χ1) is 26.8. The SMILES string of the molecule is COC[C@H](OC(c1ccccc1)(c1ccc(OC)cc1)c1ccc(OC)cc1)[C@H]1O[C@@H](n2cc(C)c(=O)[nH]c2=O)C[C@@H]1O[P+](O)(CCC#N)N(C(C)C)C(C)C. The summed E-state index contributed by atoms with van der Waals surface area (Å²) >= 11 is 0. The summed E-state index contributed by atoms with van der Waals surface area (Å²) in [5.74, 6) is 1.33. The Hall–Kier alpha value is -4.38. The summed E-state index contributed by atoms with van der Waals surface area (Å²) in [7, 11) is 1.30. The van der Waals surface area contributed by atoms with E-state index in [0.29, 0.717) is 17.1 Å². The Morgan fingerprint density at radius 3 is 1.98 bits per heavy atom. The molecule has 1 fully saturated rings. The molecule has 300 valence electrons. The van der Waals surface area contributed by atoms with Crippen LogP contribution in [0.3, 0.4) is 0 Å². The molecule has 1 aromatic heterocycles. The van der Waals surface area contributed by atoms with Crippen molar-refractivity contribution in [2.24, 2.45) is 0 Å². The minimum absolute atomic E-state index is 0.0187. The van der Waals surface area contributed by atoms with Crippen molar-refractivity contribution in [1.29, 1.82) is 5.26 Å². The zero-order valence-electron chi connectivity index (χ0n) is 33.4. The maximum Gasteiger partial charge on any atom is 0.347 e. The minimum Gasteiger partial charge on any atom is -0.497 e. The molecule has 4 aromatic rings. The number of nitriles is 1. The molecule has 1 aliphatic heterocycles. The van der Waals surface area contributed by atoms with E-state index in [4.69, 9.17) is 28.2 Å². The van der Waals surface area contributed by atoms with E-state index in [9.17, 15) is 19.7 Å². The smallest absolute Gasteiger partial charge is 0.347 e. The Kier molecular flexibility index (Phi) is 14.3. The van der Waals surface area contributed by atoms with Crippen LogP contribution in [-0.2, 0) is 24.3 Å². The van der Waals surface area contributed by atoms with Crippen molar-refractivity contribution in [3.8, 4) is 17.6 Å². The summed E-state index contributed by atoms with van der Waals surface area (Å²) in [5, 5.41) is 9.69. The topological polar surface area (TPSA) is 158 Å². The van der Waals surface area contributed by atoms with Crippen molar-refractivity contribution in [2.45, 2.75) is 89.7 Å². The highest BCUT2D eigenvalue weighted by atomic mass is 31.2. The molecule has 0 aliphatic carbocycles. The highest BCUT2D eigenvalue weighted by molar-refractivity contribution is 7.63. The van der Waals surface area contributed by atoms with E-state index < -0.39 is 49.3 Å². The molecule has 0 spiro atoms. The first-order valence-electron chi connectivity index (χ1n) is 18.8. The lowest BCUT2D eigenvalue weighted by Gasteiger charge is -2.41. The zero-order chi connectivity index (χ0) is 40.6. The van der Waals surface area contributed by atoms with Crippen LogP contribution in [-0.4, -0.2) is 83.6 Å². The van der Waals surface area contributed by atoms with Gasteiger partial charge in [0, 0.05) is 37.4 Å². The number of H-pyrrole nitrogens is 1. The normalized spacial score (nSPS) is 18.9. The third-order valence-electron chi connectivity index (χ3n) is 10.0. The van der Waals surface area contributed by atoms with Crippen molar-refractivity contribution in [1.82, 2.24) is 14.2 Å². The number of ether oxygens (including phenoxy) is 5. The first kappa shape index (κ1) is 42.8. The summed E-state index contributed by atoms with van der Waals surface area (Å²) in [6.07, 6.45) is -1.88. The molecule has 1 aliphatic rings.